The topological polar surface area (TPSA) is 51.8 Å². The number of fused-ring (bicyclic) bond motifs is 8. The summed E-state index contributed by atoms with van der Waals surface area (Å²) in [4.78, 5) is 15.6. The maximum Gasteiger partial charge on any atom is 0.164 e. The van der Waals surface area contributed by atoms with Crippen LogP contribution in [0.3, 0.4) is 0 Å². The number of aromatic nitrogens is 3. The van der Waals surface area contributed by atoms with E-state index in [1.807, 2.05) is 36.4 Å². The van der Waals surface area contributed by atoms with Crippen molar-refractivity contribution in [1.29, 1.82) is 0 Å². The molecule has 0 saturated carbocycles. The summed E-state index contributed by atoms with van der Waals surface area (Å²) in [5.74, 6) is 1.76. The van der Waals surface area contributed by atoms with Gasteiger partial charge in [-0.05, 0) is 127 Å². The largest absolute Gasteiger partial charge is 0.456 e. The number of benzene rings is 9. The van der Waals surface area contributed by atoms with Crippen LogP contribution in [0.25, 0.3) is 112 Å². The van der Waals surface area contributed by atoms with E-state index < -0.39 is 5.41 Å². The molecule has 0 bridgehead atoms. The molecule has 1 spiro atoms. The second-order valence-electron chi connectivity index (χ2n) is 19.6. The summed E-state index contributed by atoms with van der Waals surface area (Å²) >= 11 is 0. The minimum Gasteiger partial charge on any atom is -0.456 e. The Hall–Kier alpha value is -9.77. The number of nitrogens with zero attached hydrogens (tertiary/aromatic N) is 3. The van der Waals surface area contributed by atoms with Gasteiger partial charge in [-0.3, -0.25) is 0 Å². The van der Waals surface area contributed by atoms with Crippen molar-refractivity contribution < 1.29 is 4.42 Å². The summed E-state index contributed by atoms with van der Waals surface area (Å²) in [5.41, 5.74) is 23.1. The predicted octanol–water partition coefficient (Wildman–Crippen LogP) is 18.8. The van der Waals surface area contributed by atoms with Gasteiger partial charge >= 0.3 is 0 Å². The first-order chi connectivity index (χ1) is 37.4. The fraction of sp³-hybridized carbons (Fsp3) is 0.0417. The highest BCUT2D eigenvalue weighted by atomic mass is 16.3. The van der Waals surface area contributed by atoms with Crippen LogP contribution in [0.15, 0.2) is 289 Å². The lowest BCUT2D eigenvalue weighted by molar-refractivity contribution is 0.669. The van der Waals surface area contributed by atoms with Gasteiger partial charge in [-0.1, -0.05) is 238 Å². The van der Waals surface area contributed by atoms with Gasteiger partial charge in [0.05, 0.1) is 5.41 Å². The first-order valence-electron chi connectivity index (χ1n) is 25.8. The lowest BCUT2D eigenvalue weighted by Gasteiger charge is -2.33. The van der Waals surface area contributed by atoms with Gasteiger partial charge in [-0.25, -0.2) is 15.0 Å². The third-order valence-electron chi connectivity index (χ3n) is 15.4. The Kier molecular flexibility index (Phi) is 11.5. The van der Waals surface area contributed by atoms with E-state index in [0.29, 0.717) is 17.5 Å². The quantitative estimate of drug-likeness (QED) is 0.121. The van der Waals surface area contributed by atoms with Gasteiger partial charge in [-0.15, -0.1) is 0 Å². The summed E-state index contributed by atoms with van der Waals surface area (Å²) < 4.78 is 6.59. The zero-order valence-corrected chi connectivity index (χ0v) is 42.3. The molecule has 0 saturated heterocycles. The Bertz CT molecular complexity index is 4090. The van der Waals surface area contributed by atoms with Crippen LogP contribution in [0.5, 0.6) is 0 Å². The monoisotopic (exact) mass is 973 g/mol. The zero-order valence-electron chi connectivity index (χ0n) is 42.3. The highest BCUT2D eigenvalue weighted by molar-refractivity contribution is 6.13. The van der Waals surface area contributed by atoms with Gasteiger partial charge in [0.15, 0.2) is 17.5 Å². The highest BCUT2D eigenvalue weighted by Crippen LogP contribution is 2.62. The molecule has 2 heterocycles. The average Bonchev–Trinajstić information content (AvgIpc) is 4.11. The van der Waals surface area contributed by atoms with Crippen LogP contribution in [0, 0.1) is 0 Å². The standard InChI is InChI=1S/C72H51N3O/c1-5-7-24-62-46(3)47(4)63(25-8-6-2)72(62)64-26-16-15-22-58(64)60-44-56(40-42-65(60)72)52-28-30-53(31-29-52)57-41-43-66-61(45-57)68-59(23-17-27-67(68)76-66)71-74-69(54-36-32-50(33-37-54)48-18-11-9-12-19-48)73-70(75-71)55-38-34-51(35-39-55)49-20-13-10-14-21-49/h5-45H,1-2H2,3-4H3/b24-7-,25-8-. The maximum absolute atomic E-state index is 6.59. The molecule has 0 radical (unpaired) electrons. The predicted molar refractivity (Wildman–Crippen MR) is 315 cm³/mol. The Morgan fingerprint density at radius 2 is 0.803 bits per heavy atom. The van der Waals surface area contributed by atoms with Crippen LogP contribution in [0.2, 0.25) is 0 Å². The van der Waals surface area contributed by atoms with E-state index in [1.54, 1.807) is 0 Å². The summed E-state index contributed by atoms with van der Waals surface area (Å²) in [6.07, 6.45) is 12.4. The van der Waals surface area contributed by atoms with Crippen molar-refractivity contribution in [2.45, 2.75) is 19.3 Å². The lowest BCUT2D eigenvalue weighted by atomic mass is 9.68. The van der Waals surface area contributed by atoms with Gasteiger partial charge < -0.3 is 4.42 Å². The molecule has 0 atom stereocenters. The van der Waals surface area contributed by atoms with Crippen LogP contribution in [-0.2, 0) is 5.41 Å². The maximum atomic E-state index is 6.59. The molecular weight excluding hydrogens is 923 g/mol. The molecule has 76 heavy (non-hydrogen) atoms. The van der Waals surface area contributed by atoms with E-state index >= 15 is 0 Å². The van der Waals surface area contributed by atoms with Crippen LogP contribution >= 0.6 is 0 Å². The molecule has 9 aromatic carbocycles. The second-order valence-corrected chi connectivity index (χ2v) is 19.6. The molecule has 0 fully saturated rings. The van der Waals surface area contributed by atoms with Crippen molar-refractivity contribution in [2.75, 3.05) is 0 Å². The number of hydrogen-bond acceptors (Lipinski definition) is 4. The van der Waals surface area contributed by atoms with Crippen molar-refractivity contribution in [1.82, 2.24) is 15.0 Å². The summed E-state index contributed by atoms with van der Waals surface area (Å²) in [7, 11) is 0. The van der Waals surface area contributed by atoms with Gasteiger partial charge in [-0.2, -0.15) is 0 Å². The van der Waals surface area contributed by atoms with Crippen molar-refractivity contribution in [2.24, 2.45) is 0 Å². The Balaban J connectivity index is 0.879. The number of rotatable bonds is 11. The van der Waals surface area contributed by atoms with Crippen LogP contribution in [0.4, 0.5) is 0 Å². The second kappa shape index (κ2) is 18.9. The molecule has 0 aliphatic heterocycles. The van der Waals surface area contributed by atoms with E-state index in [0.717, 1.165) is 77.6 Å². The minimum absolute atomic E-state index is 0.449. The molecule has 0 N–H and O–H groups in total. The molecule has 0 amide bonds. The Labute approximate surface area is 443 Å². The van der Waals surface area contributed by atoms with Gasteiger partial charge in [0.25, 0.3) is 0 Å². The van der Waals surface area contributed by atoms with Gasteiger partial charge in [0.2, 0.25) is 0 Å². The minimum atomic E-state index is -0.449. The highest BCUT2D eigenvalue weighted by Gasteiger charge is 2.51. The smallest absolute Gasteiger partial charge is 0.164 e. The molecule has 13 rings (SSSR count). The number of hydrogen-bond donors (Lipinski definition) is 0. The molecule has 2 aromatic heterocycles. The summed E-state index contributed by atoms with van der Waals surface area (Å²) in [5, 5.41) is 1.95. The van der Waals surface area contributed by atoms with Crippen LogP contribution in [-0.4, -0.2) is 15.0 Å². The molecule has 0 unspecified atom stereocenters. The molecule has 11 aromatic rings. The van der Waals surface area contributed by atoms with E-state index in [-0.39, 0.29) is 0 Å². The number of furan rings is 1. The van der Waals surface area contributed by atoms with Gasteiger partial charge in [0.1, 0.15) is 11.2 Å². The van der Waals surface area contributed by atoms with Crippen molar-refractivity contribution in [3.8, 4) is 89.8 Å². The third-order valence-corrected chi connectivity index (χ3v) is 15.4. The van der Waals surface area contributed by atoms with E-state index in [2.05, 4.69) is 239 Å². The van der Waals surface area contributed by atoms with Crippen LogP contribution < -0.4 is 0 Å². The molecular formula is C72H51N3O. The summed E-state index contributed by atoms with van der Waals surface area (Å²) in [6.45, 7) is 12.5. The number of allylic oxidation sites excluding steroid dienone is 10. The van der Waals surface area contributed by atoms with Crippen LogP contribution in [0.1, 0.15) is 25.0 Å². The van der Waals surface area contributed by atoms with Crippen molar-refractivity contribution in [3.63, 3.8) is 0 Å². The zero-order chi connectivity index (χ0) is 51.3. The lowest BCUT2D eigenvalue weighted by Crippen LogP contribution is -2.27. The van der Waals surface area contributed by atoms with E-state index in [9.17, 15) is 0 Å². The molecule has 4 nitrogen and oxygen atoms in total. The molecule has 2 aliphatic rings. The fourth-order valence-corrected chi connectivity index (χ4v) is 11.7. The SMILES string of the molecule is C=C/C=C\C1=C(C)C(C)=C(/C=C\C=C)C12c1ccccc1-c1cc(-c3ccc(-c4ccc5oc6cccc(-c7nc(-c8ccc(-c9ccccc9)cc8)nc(-c8ccc(-c9ccccc9)cc8)n7)c6c5c4)cc3)ccc12. The average molecular weight is 974 g/mol. The normalized spacial score (nSPS) is 13.7. The Morgan fingerprint density at radius 1 is 0.368 bits per heavy atom. The molecule has 2 aliphatic carbocycles. The first-order valence-corrected chi connectivity index (χ1v) is 25.8. The van der Waals surface area contributed by atoms with Crippen molar-refractivity contribution >= 4 is 21.9 Å². The third kappa shape index (κ3) is 7.65. The molecule has 4 heteroatoms. The van der Waals surface area contributed by atoms with Crippen molar-refractivity contribution in [3.05, 3.63) is 295 Å². The fourth-order valence-electron chi connectivity index (χ4n) is 11.7. The van der Waals surface area contributed by atoms with Gasteiger partial charge in [0, 0.05) is 27.5 Å². The molecule has 360 valence electrons. The first kappa shape index (κ1) is 46.0. The summed E-state index contributed by atoms with van der Waals surface area (Å²) in [6, 6.07) is 75.2. The Morgan fingerprint density at radius 3 is 1.37 bits per heavy atom. The van der Waals surface area contributed by atoms with E-state index in [4.69, 9.17) is 19.4 Å². The van der Waals surface area contributed by atoms with E-state index in [1.165, 1.54) is 50.1 Å².